The van der Waals surface area contributed by atoms with E-state index in [4.69, 9.17) is 0 Å². The average Bonchev–Trinajstić information content (AvgIpc) is 2.68. The largest absolute Gasteiger partial charge is 0.359 e. The second-order valence-electron chi connectivity index (χ2n) is 5.41. The molecule has 1 saturated heterocycles. The van der Waals surface area contributed by atoms with Gasteiger partial charge in [0.05, 0.1) is 12.0 Å². The smallest absolute Gasteiger partial charge is 0.227 e. The highest BCUT2D eigenvalue weighted by molar-refractivity contribution is 8.14. The second kappa shape index (κ2) is 5.29. The maximum absolute atomic E-state index is 11.6. The van der Waals surface area contributed by atoms with E-state index in [9.17, 15) is 4.79 Å². The number of hydrogen-bond donors (Lipinski definition) is 2. The lowest BCUT2D eigenvalue weighted by molar-refractivity contribution is -0.128. The quantitative estimate of drug-likeness (QED) is 0.804. The average molecular weight is 257 g/mol. The summed E-state index contributed by atoms with van der Waals surface area (Å²) >= 11 is 1.74. The Morgan fingerprint density at radius 2 is 2.29 bits per heavy atom. The van der Waals surface area contributed by atoms with Gasteiger partial charge in [0.25, 0.3) is 0 Å². The van der Waals surface area contributed by atoms with Crippen LogP contribution in [0.2, 0.25) is 0 Å². The zero-order chi connectivity index (χ0) is 13.1. The number of amidine groups is 1. The molecule has 1 unspecified atom stereocenters. The molecule has 1 heterocycles. The van der Waals surface area contributed by atoms with Crippen molar-refractivity contribution in [2.45, 2.75) is 39.7 Å². The fourth-order valence-corrected chi connectivity index (χ4v) is 2.72. The minimum absolute atomic E-state index is 0.0306. The first-order chi connectivity index (χ1) is 7.83. The number of thioether (sulfide) groups is 1. The lowest BCUT2D eigenvalue weighted by atomic mass is 9.93. The highest BCUT2D eigenvalue weighted by Crippen LogP contribution is 2.26. The Morgan fingerprint density at radius 1 is 1.65 bits per heavy atom. The molecule has 0 spiro atoms. The lowest BCUT2D eigenvalue weighted by Gasteiger charge is -2.22. The van der Waals surface area contributed by atoms with Gasteiger partial charge in [-0.05, 0) is 27.2 Å². The first-order valence-electron chi connectivity index (χ1n) is 6.00. The number of aliphatic imine (C=N–C) groups is 1. The first kappa shape index (κ1) is 14.4. The van der Waals surface area contributed by atoms with Gasteiger partial charge in [-0.25, -0.2) is 0 Å². The van der Waals surface area contributed by atoms with E-state index in [1.54, 1.807) is 18.8 Å². The van der Waals surface area contributed by atoms with E-state index in [-0.39, 0.29) is 11.4 Å². The van der Waals surface area contributed by atoms with Crippen LogP contribution in [0.15, 0.2) is 4.99 Å². The first-order valence-corrected chi connectivity index (χ1v) is 6.99. The molecular weight excluding hydrogens is 234 g/mol. The van der Waals surface area contributed by atoms with Gasteiger partial charge in [0.2, 0.25) is 5.91 Å². The number of carbonyl (C=O) groups is 1. The molecule has 1 fully saturated rings. The second-order valence-corrected chi connectivity index (χ2v) is 6.38. The molecule has 17 heavy (non-hydrogen) atoms. The van der Waals surface area contributed by atoms with Crippen LogP contribution in [0.25, 0.3) is 0 Å². The molecule has 0 aliphatic carbocycles. The van der Waals surface area contributed by atoms with Crippen LogP contribution in [0.3, 0.4) is 0 Å². The van der Waals surface area contributed by atoms with E-state index in [1.807, 2.05) is 13.8 Å². The molecule has 0 radical (unpaired) electrons. The molecule has 0 aromatic heterocycles. The van der Waals surface area contributed by atoms with Crippen molar-refractivity contribution in [2.75, 3.05) is 19.3 Å². The summed E-state index contributed by atoms with van der Waals surface area (Å²) in [7, 11) is 1.66. The Morgan fingerprint density at radius 3 is 2.76 bits per heavy atom. The van der Waals surface area contributed by atoms with E-state index in [1.165, 1.54) is 0 Å². The van der Waals surface area contributed by atoms with Crippen molar-refractivity contribution < 1.29 is 4.79 Å². The summed E-state index contributed by atoms with van der Waals surface area (Å²) in [6.07, 6.45) is 1.08. The molecule has 0 saturated carbocycles. The van der Waals surface area contributed by atoms with Crippen LogP contribution in [0.1, 0.15) is 34.1 Å². The number of hydrogen-bond acceptors (Lipinski definition) is 3. The molecule has 1 amide bonds. The molecule has 5 heteroatoms. The Kier molecular flexibility index (Phi) is 4.47. The monoisotopic (exact) mass is 257 g/mol. The van der Waals surface area contributed by atoms with Crippen LogP contribution in [0, 0.1) is 5.41 Å². The van der Waals surface area contributed by atoms with Crippen molar-refractivity contribution in [3.63, 3.8) is 0 Å². The molecule has 98 valence electrons. The summed E-state index contributed by atoms with van der Waals surface area (Å²) in [6.45, 7) is 8.71. The summed E-state index contributed by atoms with van der Waals surface area (Å²) < 4.78 is 0. The van der Waals surface area contributed by atoms with Crippen LogP contribution >= 0.6 is 11.8 Å². The third-order valence-electron chi connectivity index (χ3n) is 3.18. The van der Waals surface area contributed by atoms with Crippen LogP contribution in [0.5, 0.6) is 0 Å². The molecule has 0 aromatic rings. The van der Waals surface area contributed by atoms with E-state index in [0.717, 1.165) is 17.3 Å². The van der Waals surface area contributed by atoms with E-state index in [0.29, 0.717) is 6.54 Å². The topological polar surface area (TPSA) is 53.5 Å². The molecule has 2 N–H and O–H groups in total. The highest BCUT2D eigenvalue weighted by Gasteiger charge is 2.32. The van der Waals surface area contributed by atoms with Gasteiger partial charge in [0.15, 0.2) is 5.17 Å². The molecule has 1 atom stereocenters. The zero-order valence-corrected chi connectivity index (χ0v) is 12.2. The zero-order valence-electron chi connectivity index (χ0n) is 11.4. The number of nitrogens with one attached hydrogen (secondary N) is 2. The molecule has 1 rings (SSSR count). The van der Waals surface area contributed by atoms with Crippen LogP contribution in [-0.4, -0.2) is 36.0 Å². The SMILES string of the molecule is CCC1(C)CSC(=NCC(C)(C)C(=O)NC)N1. The Labute approximate surface area is 108 Å². The number of amides is 1. The summed E-state index contributed by atoms with van der Waals surface area (Å²) in [5.41, 5.74) is -0.296. The standard InChI is InChI=1S/C12H23N3OS/c1-6-12(4)8-17-10(15-12)14-7-11(2,3)9(16)13-5/h6-8H2,1-5H3,(H,13,16)(H,14,15). The minimum atomic E-state index is -0.449. The predicted molar refractivity (Wildman–Crippen MR) is 74.4 cm³/mol. The van der Waals surface area contributed by atoms with Gasteiger partial charge >= 0.3 is 0 Å². The fraction of sp³-hybridized carbons (Fsp3) is 0.833. The van der Waals surface area contributed by atoms with Gasteiger partial charge < -0.3 is 10.6 Å². The van der Waals surface area contributed by atoms with E-state index >= 15 is 0 Å². The molecule has 1 aliphatic heterocycles. The van der Waals surface area contributed by atoms with Gasteiger partial charge in [-0.2, -0.15) is 0 Å². The maximum Gasteiger partial charge on any atom is 0.227 e. The number of nitrogens with zero attached hydrogens (tertiary/aromatic N) is 1. The molecule has 4 nitrogen and oxygen atoms in total. The Hall–Kier alpha value is -0.710. The fourth-order valence-electron chi connectivity index (χ4n) is 1.51. The van der Waals surface area contributed by atoms with E-state index < -0.39 is 5.41 Å². The van der Waals surface area contributed by atoms with Crippen molar-refractivity contribution in [2.24, 2.45) is 10.4 Å². The van der Waals surface area contributed by atoms with Crippen LogP contribution in [-0.2, 0) is 4.79 Å². The van der Waals surface area contributed by atoms with Crippen LogP contribution < -0.4 is 10.6 Å². The summed E-state index contributed by atoms with van der Waals surface area (Å²) in [5, 5.41) is 7.06. The van der Waals surface area contributed by atoms with Crippen molar-refractivity contribution in [3.8, 4) is 0 Å². The third kappa shape index (κ3) is 3.63. The summed E-state index contributed by atoms with van der Waals surface area (Å²) in [5.74, 6) is 1.08. The van der Waals surface area contributed by atoms with Gasteiger partial charge in [-0.1, -0.05) is 18.7 Å². The molecule has 1 aliphatic rings. The van der Waals surface area contributed by atoms with Gasteiger partial charge in [0, 0.05) is 18.3 Å². The Bertz CT molecular complexity index is 328. The maximum atomic E-state index is 11.6. The van der Waals surface area contributed by atoms with Gasteiger partial charge in [-0.3, -0.25) is 9.79 Å². The molecule has 0 bridgehead atoms. The third-order valence-corrected chi connectivity index (χ3v) is 4.46. The van der Waals surface area contributed by atoms with Gasteiger partial charge in [-0.15, -0.1) is 0 Å². The predicted octanol–water partition coefficient (Wildman–Crippen LogP) is 1.62. The highest BCUT2D eigenvalue weighted by atomic mass is 32.2. The molecular formula is C12H23N3OS. The number of carbonyl (C=O) groups excluding carboxylic acids is 1. The van der Waals surface area contributed by atoms with Crippen molar-refractivity contribution in [1.29, 1.82) is 0 Å². The van der Waals surface area contributed by atoms with E-state index in [2.05, 4.69) is 29.5 Å². The lowest BCUT2D eigenvalue weighted by Crippen LogP contribution is -2.40. The van der Waals surface area contributed by atoms with Crippen LogP contribution in [0.4, 0.5) is 0 Å². The minimum Gasteiger partial charge on any atom is -0.359 e. The summed E-state index contributed by atoms with van der Waals surface area (Å²) in [4.78, 5) is 16.1. The van der Waals surface area contributed by atoms with Crippen molar-refractivity contribution in [3.05, 3.63) is 0 Å². The number of rotatable bonds is 4. The normalized spacial score (nSPS) is 27.0. The van der Waals surface area contributed by atoms with Crippen molar-refractivity contribution >= 4 is 22.8 Å². The van der Waals surface area contributed by atoms with Crippen molar-refractivity contribution in [1.82, 2.24) is 10.6 Å². The summed E-state index contributed by atoms with van der Waals surface area (Å²) in [6, 6.07) is 0. The van der Waals surface area contributed by atoms with Gasteiger partial charge in [0.1, 0.15) is 0 Å². The Balaban J connectivity index is 2.59. The molecule has 0 aromatic carbocycles.